The van der Waals surface area contributed by atoms with E-state index in [-0.39, 0.29) is 12.5 Å². The quantitative estimate of drug-likeness (QED) is 0.671. The van der Waals surface area contributed by atoms with Gasteiger partial charge in [-0.3, -0.25) is 4.79 Å². The number of nitrogens with zero attached hydrogens (tertiary/aromatic N) is 2. The van der Waals surface area contributed by atoms with E-state index in [1.165, 1.54) is 0 Å². The molecular weight excluding hydrogens is 352 g/mol. The summed E-state index contributed by atoms with van der Waals surface area (Å²) < 4.78 is 2.96. The normalized spacial score (nSPS) is 10.8. The standard InChI is InChI=1S/C11H11ClIN3O/c1-14-11(17)6-16-9-3-2-7(13)4-8(9)15-10(16)5-12/h2-4H,5-6H2,1H3,(H,14,17). The van der Waals surface area contributed by atoms with Gasteiger partial charge < -0.3 is 9.88 Å². The summed E-state index contributed by atoms with van der Waals surface area (Å²) in [6, 6.07) is 5.93. The van der Waals surface area contributed by atoms with E-state index >= 15 is 0 Å². The monoisotopic (exact) mass is 363 g/mol. The van der Waals surface area contributed by atoms with Gasteiger partial charge in [-0.25, -0.2) is 4.98 Å². The van der Waals surface area contributed by atoms with Gasteiger partial charge in [-0.2, -0.15) is 0 Å². The highest BCUT2D eigenvalue weighted by atomic mass is 127. The summed E-state index contributed by atoms with van der Waals surface area (Å²) in [5.41, 5.74) is 1.81. The summed E-state index contributed by atoms with van der Waals surface area (Å²) >= 11 is 8.09. The number of fused-ring (bicyclic) bond motifs is 1. The molecule has 0 atom stereocenters. The lowest BCUT2D eigenvalue weighted by atomic mass is 10.3. The number of alkyl halides is 1. The zero-order valence-electron chi connectivity index (χ0n) is 9.20. The number of halogens is 2. The first-order chi connectivity index (χ1) is 8.15. The molecule has 6 heteroatoms. The fourth-order valence-electron chi connectivity index (χ4n) is 1.65. The van der Waals surface area contributed by atoms with Crippen molar-refractivity contribution in [3.8, 4) is 0 Å². The maximum atomic E-state index is 11.5. The number of carbonyl (C=O) groups is 1. The number of aromatic nitrogens is 2. The third-order valence-electron chi connectivity index (χ3n) is 2.49. The van der Waals surface area contributed by atoms with Crippen LogP contribution in [-0.4, -0.2) is 22.5 Å². The summed E-state index contributed by atoms with van der Waals surface area (Å²) in [6.07, 6.45) is 0. The van der Waals surface area contributed by atoms with Gasteiger partial charge in [0.1, 0.15) is 12.4 Å². The second kappa shape index (κ2) is 5.22. The molecule has 0 aliphatic carbocycles. The highest BCUT2D eigenvalue weighted by Crippen LogP contribution is 2.20. The first kappa shape index (κ1) is 12.6. The van der Waals surface area contributed by atoms with Gasteiger partial charge in [-0.05, 0) is 40.8 Å². The second-order valence-corrected chi connectivity index (χ2v) is 5.07. The lowest BCUT2D eigenvalue weighted by Gasteiger charge is -2.06. The van der Waals surface area contributed by atoms with Crippen molar-refractivity contribution in [2.24, 2.45) is 0 Å². The van der Waals surface area contributed by atoms with Crippen molar-refractivity contribution in [3.05, 3.63) is 27.6 Å². The van der Waals surface area contributed by atoms with Gasteiger partial charge in [0.05, 0.1) is 16.9 Å². The molecule has 0 unspecified atom stereocenters. The topological polar surface area (TPSA) is 46.9 Å². The zero-order chi connectivity index (χ0) is 12.4. The lowest BCUT2D eigenvalue weighted by molar-refractivity contribution is -0.121. The number of imidazole rings is 1. The maximum Gasteiger partial charge on any atom is 0.239 e. The first-order valence-electron chi connectivity index (χ1n) is 5.07. The van der Waals surface area contributed by atoms with Gasteiger partial charge in [0.15, 0.2) is 0 Å². The Kier molecular flexibility index (Phi) is 3.88. The number of benzene rings is 1. The molecule has 0 spiro atoms. The van der Waals surface area contributed by atoms with E-state index in [0.717, 1.165) is 14.6 Å². The molecule has 1 amide bonds. The molecule has 0 aliphatic rings. The van der Waals surface area contributed by atoms with Gasteiger partial charge in [-0.15, -0.1) is 11.6 Å². The zero-order valence-corrected chi connectivity index (χ0v) is 12.1. The molecule has 4 nitrogen and oxygen atoms in total. The Bertz CT molecular complexity index is 567. The molecule has 0 radical (unpaired) electrons. The van der Waals surface area contributed by atoms with Crippen LogP contribution in [0.3, 0.4) is 0 Å². The van der Waals surface area contributed by atoms with Crippen LogP contribution in [0, 0.1) is 3.57 Å². The Morgan fingerprint density at radius 2 is 2.35 bits per heavy atom. The van der Waals surface area contributed by atoms with E-state index < -0.39 is 0 Å². The Hall–Kier alpha value is -0.820. The van der Waals surface area contributed by atoms with Crippen molar-refractivity contribution in [2.45, 2.75) is 12.4 Å². The number of rotatable bonds is 3. The minimum atomic E-state index is -0.0609. The molecule has 1 aromatic heterocycles. The minimum Gasteiger partial charge on any atom is -0.358 e. The highest BCUT2D eigenvalue weighted by Gasteiger charge is 2.12. The largest absolute Gasteiger partial charge is 0.358 e. The Morgan fingerprint density at radius 3 is 3.00 bits per heavy atom. The predicted molar refractivity (Wildman–Crippen MR) is 76.1 cm³/mol. The van der Waals surface area contributed by atoms with Gasteiger partial charge in [0.25, 0.3) is 0 Å². The number of likely N-dealkylation sites (N-methyl/N-ethyl adjacent to an activating group) is 1. The van der Waals surface area contributed by atoms with Crippen molar-refractivity contribution in [2.75, 3.05) is 7.05 Å². The van der Waals surface area contributed by atoms with Crippen LogP contribution in [0.15, 0.2) is 18.2 Å². The number of carbonyl (C=O) groups excluding carboxylic acids is 1. The summed E-state index contributed by atoms with van der Waals surface area (Å²) in [5, 5.41) is 2.60. The Labute approximate surface area is 117 Å². The average Bonchev–Trinajstić information content (AvgIpc) is 2.66. The van der Waals surface area contributed by atoms with E-state index in [2.05, 4.69) is 32.9 Å². The van der Waals surface area contributed by atoms with Crippen molar-refractivity contribution in [3.63, 3.8) is 0 Å². The molecule has 17 heavy (non-hydrogen) atoms. The SMILES string of the molecule is CNC(=O)Cn1c(CCl)nc2cc(I)ccc21. The smallest absolute Gasteiger partial charge is 0.239 e. The molecule has 1 heterocycles. The van der Waals surface area contributed by atoms with E-state index in [1.54, 1.807) is 7.05 Å². The molecule has 1 N–H and O–H groups in total. The maximum absolute atomic E-state index is 11.5. The van der Waals surface area contributed by atoms with Crippen molar-refractivity contribution < 1.29 is 4.79 Å². The van der Waals surface area contributed by atoms with Crippen LogP contribution in [0.2, 0.25) is 0 Å². The van der Waals surface area contributed by atoms with Crippen molar-refractivity contribution in [1.82, 2.24) is 14.9 Å². The molecule has 0 saturated carbocycles. The summed E-state index contributed by atoms with van der Waals surface area (Å²) in [4.78, 5) is 15.9. The van der Waals surface area contributed by atoms with E-state index in [0.29, 0.717) is 11.7 Å². The van der Waals surface area contributed by atoms with E-state index in [9.17, 15) is 4.79 Å². The van der Waals surface area contributed by atoms with Crippen LogP contribution < -0.4 is 5.32 Å². The van der Waals surface area contributed by atoms with E-state index in [1.807, 2.05) is 22.8 Å². The van der Waals surface area contributed by atoms with Crippen LogP contribution in [0.25, 0.3) is 11.0 Å². The molecule has 2 rings (SSSR count). The van der Waals surface area contributed by atoms with Gasteiger partial charge in [-0.1, -0.05) is 0 Å². The van der Waals surface area contributed by atoms with Crippen LogP contribution >= 0.6 is 34.2 Å². The molecule has 90 valence electrons. The highest BCUT2D eigenvalue weighted by molar-refractivity contribution is 14.1. The van der Waals surface area contributed by atoms with Gasteiger partial charge in [0.2, 0.25) is 5.91 Å². The average molecular weight is 364 g/mol. The molecule has 0 bridgehead atoms. The third kappa shape index (κ3) is 2.55. The lowest BCUT2D eigenvalue weighted by Crippen LogP contribution is -2.24. The number of hydrogen-bond acceptors (Lipinski definition) is 2. The molecule has 0 fully saturated rings. The van der Waals surface area contributed by atoms with Crippen LogP contribution in [0.5, 0.6) is 0 Å². The third-order valence-corrected chi connectivity index (χ3v) is 3.40. The van der Waals surface area contributed by atoms with Crippen LogP contribution in [0.4, 0.5) is 0 Å². The second-order valence-electron chi connectivity index (χ2n) is 3.55. The van der Waals surface area contributed by atoms with Crippen LogP contribution in [0.1, 0.15) is 5.82 Å². The fraction of sp³-hybridized carbons (Fsp3) is 0.273. The Balaban J connectivity index is 2.54. The molecule has 1 aromatic carbocycles. The minimum absolute atomic E-state index is 0.0609. The van der Waals surface area contributed by atoms with Crippen LogP contribution in [-0.2, 0) is 17.2 Å². The van der Waals surface area contributed by atoms with Gasteiger partial charge >= 0.3 is 0 Å². The van der Waals surface area contributed by atoms with E-state index in [4.69, 9.17) is 11.6 Å². The summed E-state index contributed by atoms with van der Waals surface area (Å²) in [6.45, 7) is 0.246. The van der Waals surface area contributed by atoms with Gasteiger partial charge in [0, 0.05) is 10.6 Å². The number of amides is 1. The fourth-order valence-corrected chi connectivity index (χ4v) is 2.33. The Morgan fingerprint density at radius 1 is 1.59 bits per heavy atom. The van der Waals surface area contributed by atoms with Crippen molar-refractivity contribution >= 4 is 51.1 Å². The molecular formula is C11H11ClIN3O. The predicted octanol–water partition coefficient (Wildman–Crippen LogP) is 2.13. The number of nitrogens with one attached hydrogen (secondary N) is 1. The first-order valence-corrected chi connectivity index (χ1v) is 6.68. The molecule has 0 aliphatic heterocycles. The molecule has 0 saturated heterocycles. The summed E-state index contributed by atoms with van der Waals surface area (Å²) in [5.74, 6) is 0.948. The van der Waals surface area contributed by atoms with Crippen molar-refractivity contribution in [1.29, 1.82) is 0 Å². The summed E-state index contributed by atoms with van der Waals surface area (Å²) in [7, 11) is 1.62. The molecule has 2 aromatic rings. The number of hydrogen-bond donors (Lipinski definition) is 1.